The lowest BCUT2D eigenvalue weighted by atomic mass is 10.1. The first-order valence-electron chi connectivity index (χ1n) is 9.37. The maximum Gasteiger partial charge on any atom is 0.240 e. The van der Waals surface area contributed by atoms with Crippen LogP contribution in [0.15, 0.2) is 59.8 Å². The van der Waals surface area contributed by atoms with Gasteiger partial charge < -0.3 is 14.2 Å². The molecule has 0 bridgehead atoms. The molecule has 1 aromatic heterocycles. The molecular formula is C21H21FN4O2S. The van der Waals surface area contributed by atoms with Crippen molar-refractivity contribution in [3.8, 4) is 11.4 Å². The number of hydrogen-bond donors (Lipinski definition) is 0. The van der Waals surface area contributed by atoms with Gasteiger partial charge in [0.2, 0.25) is 5.91 Å². The molecule has 150 valence electrons. The summed E-state index contributed by atoms with van der Waals surface area (Å²) in [5.74, 6) is 0.0831. The molecule has 1 saturated heterocycles. The summed E-state index contributed by atoms with van der Waals surface area (Å²) in [5.41, 5.74) is 1.27. The van der Waals surface area contributed by atoms with E-state index in [1.54, 1.807) is 29.8 Å². The van der Waals surface area contributed by atoms with E-state index in [-0.39, 0.29) is 11.7 Å². The maximum atomic E-state index is 14.2. The normalized spacial score (nSPS) is 15.3. The maximum absolute atomic E-state index is 14.2. The molecule has 1 amide bonds. The van der Waals surface area contributed by atoms with Crippen LogP contribution in [0.5, 0.6) is 0 Å². The van der Waals surface area contributed by atoms with Gasteiger partial charge in [-0.25, -0.2) is 4.39 Å². The van der Waals surface area contributed by atoms with Crippen molar-refractivity contribution in [3.05, 3.63) is 66.0 Å². The second kappa shape index (κ2) is 8.75. The zero-order valence-corrected chi connectivity index (χ0v) is 16.8. The highest BCUT2D eigenvalue weighted by Gasteiger charge is 2.30. The number of aromatic nitrogens is 3. The predicted octanol–water partition coefficient (Wildman–Crippen LogP) is 3.31. The van der Waals surface area contributed by atoms with Gasteiger partial charge in [0.25, 0.3) is 0 Å². The Morgan fingerprint density at radius 3 is 2.48 bits per heavy atom. The molecule has 2 heterocycles. The first-order valence-corrected chi connectivity index (χ1v) is 10.3. The lowest BCUT2D eigenvalue weighted by Crippen LogP contribution is -2.42. The molecule has 1 fully saturated rings. The smallest absolute Gasteiger partial charge is 0.240 e. The Labute approximate surface area is 172 Å². The Morgan fingerprint density at radius 2 is 1.76 bits per heavy atom. The quantitative estimate of drug-likeness (QED) is 0.602. The molecule has 4 rings (SSSR count). The Balaban J connectivity index is 1.65. The van der Waals surface area contributed by atoms with Gasteiger partial charge in [0.05, 0.1) is 18.8 Å². The van der Waals surface area contributed by atoms with E-state index in [1.807, 2.05) is 35.2 Å². The first-order chi connectivity index (χ1) is 14.1. The second-order valence-corrected chi connectivity index (χ2v) is 7.76. The molecule has 3 aromatic rings. The van der Waals surface area contributed by atoms with Gasteiger partial charge in [-0.15, -0.1) is 10.2 Å². The number of rotatable bonds is 5. The summed E-state index contributed by atoms with van der Waals surface area (Å²) in [6, 6.07) is 16.1. The summed E-state index contributed by atoms with van der Waals surface area (Å²) in [7, 11) is 1.78. The third kappa shape index (κ3) is 4.18. The van der Waals surface area contributed by atoms with Crippen LogP contribution >= 0.6 is 11.8 Å². The molecule has 0 N–H and O–H groups in total. The summed E-state index contributed by atoms with van der Waals surface area (Å²) in [6.07, 6.45) is 0. The van der Waals surface area contributed by atoms with E-state index >= 15 is 0 Å². The molecule has 29 heavy (non-hydrogen) atoms. The van der Waals surface area contributed by atoms with Crippen LogP contribution in [0.2, 0.25) is 0 Å². The number of carbonyl (C=O) groups excluding carboxylic acids is 1. The fourth-order valence-corrected chi connectivity index (χ4v) is 4.32. The Hall–Kier alpha value is -2.71. The minimum absolute atomic E-state index is 0.0138. The summed E-state index contributed by atoms with van der Waals surface area (Å²) < 4.78 is 21.3. The van der Waals surface area contributed by atoms with Crippen LogP contribution in [0.25, 0.3) is 11.4 Å². The number of carbonyl (C=O) groups is 1. The van der Waals surface area contributed by atoms with Crippen molar-refractivity contribution in [2.45, 2.75) is 10.4 Å². The lowest BCUT2D eigenvalue weighted by molar-refractivity contribution is -0.134. The summed E-state index contributed by atoms with van der Waals surface area (Å²) in [5, 5.41) is 8.50. The second-order valence-electron chi connectivity index (χ2n) is 6.69. The van der Waals surface area contributed by atoms with Gasteiger partial charge >= 0.3 is 0 Å². The van der Waals surface area contributed by atoms with Crippen LogP contribution < -0.4 is 0 Å². The molecule has 1 atom stereocenters. The zero-order chi connectivity index (χ0) is 20.2. The Kier molecular flexibility index (Phi) is 5.92. The minimum atomic E-state index is -0.467. The molecule has 6 nitrogen and oxygen atoms in total. The molecule has 0 saturated carbocycles. The largest absolute Gasteiger partial charge is 0.378 e. The van der Waals surface area contributed by atoms with Crippen molar-refractivity contribution in [1.82, 2.24) is 19.7 Å². The van der Waals surface area contributed by atoms with Crippen molar-refractivity contribution in [1.29, 1.82) is 0 Å². The van der Waals surface area contributed by atoms with Crippen molar-refractivity contribution in [3.63, 3.8) is 0 Å². The van der Waals surface area contributed by atoms with E-state index in [4.69, 9.17) is 4.74 Å². The van der Waals surface area contributed by atoms with Crippen molar-refractivity contribution in [2.75, 3.05) is 26.3 Å². The zero-order valence-electron chi connectivity index (χ0n) is 16.0. The molecule has 0 radical (unpaired) electrons. The summed E-state index contributed by atoms with van der Waals surface area (Å²) in [4.78, 5) is 15.1. The van der Waals surface area contributed by atoms with Crippen LogP contribution in [0.3, 0.4) is 0 Å². The average Bonchev–Trinajstić information content (AvgIpc) is 3.13. The predicted molar refractivity (Wildman–Crippen MR) is 109 cm³/mol. The van der Waals surface area contributed by atoms with Gasteiger partial charge in [0.1, 0.15) is 11.1 Å². The molecule has 1 aliphatic rings. The van der Waals surface area contributed by atoms with Gasteiger partial charge in [-0.1, -0.05) is 54.2 Å². The fraction of sp³-hybridized carbons (Fsp3) is 0.286. The highest BCUT2D eigenvalue weighted by atomic mass is 32.2. The number of amides is 1. The van der Waals surface area contributed by atoms with E-state index < -0.39 is 5.25 Å². The van der Waals surface area contributed by atoms with E-state index in [0.29, 0.717) is 42.8 Å². The van der Waals surface area contributed by atoms with Crippen molar-refractivity contribution in [2.24, 2.45) is 7.05 Å². The van der Waals surface area contributed by atoms with E-state index in [2.05, 4.69) is 10.2 Å². The van der Waals surface area contributed by atoms with Gasteiger partial charge in [-0.2, -0.15) is 0 Å². The Morgan fingerprint density at radius 1 is 1.07 bits per heavy atom. The number of benzene rings is 2. The molecule has 0 aliphatic carbocycles. The number of hydrogen-bond acceptors (Lipinski definition) is 5. The average molecular weight is 412 g/mol. The van der Waals surface area contributed by atoms with Crippen LogP contribution in [0.4, 0.5) is 4.39 Å². The van der Waals surface area contributed by atoms with Gasteiger partial charge in [0.15, 0.2) is 11.0 Å². The summed E-state index contributed by atoms with van der Waals surface area (Å²) >= 11 is 1.33. The van der Waals surface area contributed by atoms with Gasteiger partial charge in [0, 0.05) is 20.1 Å². The number of morpholine rings is 1. The highest BCUT2D eigenvalue weighted by Crippen LogP contribution is 2.37. The number of halogens is 1. The van der Waals surface area contributed by atoms with Crippen LogP contribution in [0.1, 0.15) is 10.8 Å². The van der Waals surface area contributed by atoms with E-state index in [9.17, 15) is 9.18 Å². The SMILES string of the molecule is Cn1c(S[C@H](C(=O)N2CCOCC2)c2ccccc2)nnc1-c1ccccc1F. The van der Waals surface area contributed by atoms with Crippen LogP contribution in [-0.2, 0) is 16.6 Å². The molecule has 1 aliphatic heterocycles. The highest BCUT2D eigenvalue weighted by molar-refractivity contribution is 8.00. The third-order valence-corrected chi connectivity index (χ3v) is 6.10. The van der Waals surface area contributed by atoms with Crippen LogP contribution in [-0.4, -0.2) is 51.9 Å². The fourth-order valence-electron chi connectivity index (χ4n) is 3.24. The number of thioether (sulfide) groups is 1. The lowest BCUT2D eigenvalue weighted by Gasteiger charge is -2.30. The molecular weight excluding hydrogens is 391 g/mol. The molecule has 2 aromatic carbocycles. The number of nitrogens with zero attached hydrogens (tertiary/aromatic N) is 4. The standard InChI is InChI=1S/C21H21FN4O2S/c1-25-19(16-9-5-6-10-17(16)22)23-24-21(25)29-18(15-7-3-2-4-8-15)20(27)26-11-13-28-14-12-26/h2-10,18H,11-14H2,1H3/t18-/m0/s1. The van der Waals surface area contributed by atoms with E-state index in [1.165, 1.54) is 17.8 Å². The topological polar surface area (TPSA) is 60.2 Å². The molecule has 0 unspecified atom stereocenters. The molecule has 8 heteroatoms. The van der Waals surface area contributed by atoms with Crippen molar-refractivity contribution < 1.29 is 13.9 Å². The van der Waals surface area contributed by atoms with Gasteiger partial charge in [-0.05, 0) is 17.7 Å². The van der Waals surface area contributed by atoms with E-state index in [0.717, 1.165) is 5.56 Å². The first kappa shape index (κ1) is 19.6. The minimum Gasteiger partial charge on any atom is -0.378 e. The van der Waals surface area contributed by atoms with Crippen molar-refractivity contribution >= 4 is 17.7 Å². The Bertz CT molecular complexity index is 989. The number of ether oxygens (including phenoxy) is 1. The van der Waals surface area contributed by atoms with Crippen LogP contribution in [0, 0.1) is 5.82 Å². The summed E-state index contributed by atoms with van der Waals surface area (Å²) in [6.45, 7) is 2.22. The third-order valence-electron chi connectivity index (χ3n) is 4.82. The van der Waals surface area contributed by atoms with Gasteiger partial charge in [-0.3, -0.25) is 4.79 Å². The monoisotopic (exact) mass is 412 g/mol. The molecule has 0 spiro atoms.